The largest absolute Gasteiger partial charge is 0.507 e. The number of benzene rings is 2. The van der Waals surface area contributed by atoms with Crippen molar-refractivity contribution in [3.63, 3.8) is 0 Å². The Morgan fingerprint density at radius 1 is 0.867 bits per heavy atom. The second-order valence-corrected chi connectivity index (χ2v) is 10.9. The number of rotatable bonds is 4. The maximum absolute atomic E-state index is 11.3. The van der Waals surface area contributed by atoms with Gasteiger partial charge in [0.15, 0.2) is 3.95 Å². The van der Waals surface area contributed by atoms with Crippen molar-refractivity contribution in [3.8, 4) is 5.75 Å². The molecule has 2 aromatic carbocycles. The van der Waals surface area contributed by atoms with E-state index in [1.165, 1.54) is 91.1 Å². The van der Waals surface area contributed by atoms with Crippen LogP contribution >= 0.6 is 23.6 Å². The van der Waals surface area contributed by atoms with E-state index in [0.717, 1.165) is 10.5 Å². The lowest BCUT2D eigenvalue weighted by Crippen LogP contribution is -2.11. The minimum Gasteiger partial charge on any atom is -0.507 e. The SMILES string of the molecule is Oc1c(C2CCCCC2)cc(Cn2c(=S)sc3ccccc32)cc1C1CCCCC1. The molecule has 158 valence electrons. The van der Waals surface area contributed by atoms with Crippen LogP contribution in [0, 0.1) is 3.95 Å². The van der Waals surface area contributed by atoms with Crippen molar-refractivity contribution < 1.29 is 5.11 Å². The summed E-state index contributed by atoms with van der Waals surface area (Å²) in [5.74, 6) is 1.62. The topological polar surface area (TPSA) is 25.2 Å². The van der Waals surface area contributed by atoms with E-state index in [1.807, 2.05) is 0 Å². The molecule has 4 heteroatoms. The van der Waals surface area contributed by atoms with Gasteiger partial charge in [0.1, 0.15) is 5.75 Å². The fraction of sp³-hybridized carbons (Fsp3) is 0.500. The zero-order valence-corrected chi connectivity index (χ0v) is 19.2. The average molecular weight is 438 g/mol. The van der Waals surface area contributed by atoms with Gasteiger partial charge >= 0.3 is 0 Å². The molecule has 2 saturated carbocycles. The van der Waals surface area contributed by atoms with Crippen LogP contribution < -0.4 is 0 Å². The molecule has 0 aliphatic heterocycles. The third kappa shape index (κ3) is 3.97. The van der Waals surface area contributed by atoms with Crippen LogP contribution in [0.15, 0.2) is 36.4 Å². The molecule has 1 N–H and O–H groups in total. The smallest absolute Gasteiger partial charge is 0.162 e. The van der Waals surface area contributed by atoms with Crippen molar-refractivity contribution >= 4 is 33.8 Å². The van der Waals surface area contributed by atoms with Gasteiger partial charge in [-0.2, -0.15) is 0 Å². The molecule has 1 aromatic heterocycles. The van der Waals surface area contributed by atoms with Crippen LogP contribution in [-0.4, -0.2) is 9.67 Å². The van der Waals surface area contributed by atoms with E-state index in [0.29, 0.717) is 17.6 Å². The van der Waals surface area contributed by atoms with Gasteiger partial charge in [-0.3, -0.25) is 0 Å². The van der Waals surface area contributed by atoms with Crippen LogP contribution in [0.4, 0.5) is 0 Å². The standard InChI is InChI=1S/C26H31NOS2/c28-25-21(19-9-3-1-4-10-19)15-18(16-22(25)20-11-5-2-6-12-20)17-27-23-13-7-8-14-24(23)30-26(27)29/h7-8,13-16,19-20,28H,1-6,9-12,17H2. The van der Waals surface area contributed by atoms with Crippen LogP contribution in [0.2, 0.25) is 0 Å². The number of nitrogens with zero attached hydrogens (tertiary/aromatic N) is 1. The lowest BCUT2D eigenvalue weighted by Gasteiger charge is -2.28. The molecule has 0 unspecified atom stereocenters. The first kappa shape index (κ1) is 20.3. The van der Waals surface area contributed by atoms with Crippen molar-refractivity contribution in [1.82, 2.24) is 4.57 Å². The number of para-hydroxylation sites is 1. The van der Waals surface area contributed by atoms with E-state index >= 15 is 0 Å². The van der Waals surface area contributed by atoms with Crippen molar-refractivity contribution in [2.45, 2.75) is 82.6 Å². The molecule has 0 amide bonds. The minimum absolute atomic E-state index is 0.508. The lowest BCUT2D eigenvalue weighted by molar-refractivity contribution is 0.392. The van der Waals surface area contributed by atoms with E-state index < -0.39 is 0 Å². The first-order chi connectivity index (χ1) is 14.7. The molecule has 2 aliphatic rings. The molecule has 0 spiro atoms. The summed E-state index contributed by atoms with van der Waals surface area (Å²) < 4.78 is 4.46. The highest BCUT2D eigenvalue weighted by Gasteiger charge is 2.25. The van der Waals surface area contributed by atoms with Crippen LogP contribution in [0.3, 0.4) is 0 Å². The number of phenols is 1. The summed E-state index contributed by atoms with van der Waals surface area (Å²) in [5.41, 5.74) is 4.94. The van der Waals surface area contributed by atoms with Crippen LogP contribution in [0.1, 0.15) is 92.7 Å². The van der Waals surface area contributed by atoms with Crippen molar-refractivity contribution in [2.75, 3.05) is 0 Å². The highest BCUT2D eigenvalue weighted by Crippen LogP contribution is 2.44. The van der Waals surface area contributed by atoms with Gasteiger partial charge in [0.05, 0.1) is 10.2 Å². The van der Waals surface area contributed by atoms with Gasteiger partial charge in [0, 0.05) is 6.54 Å². The van der Waals surface area contributed by atoms with E-state index in [1.54, 1.807) is 11.3 Å². The molecule has 5 rings (SSSR count). The number of aromatic hydroxyl groups is 1. The van der Waals surface area contributed by atoms with Crippen LogP contribution in [0.5, 0.6) is 5.75 Å². The van der Waals surface area contributed by atoms with Gasteiger partial charge < -0.3 is 9.67 Å². The van der Waals surface area contributed by atoms with Crippen molar-refractivity contribution in [2.24, 2.45) is 0 Å². The first-order valence-corrected chi connectivity index (χ1v) is 12.9. The Balaban J connectivity index is 1.58. The first-order valence-electron chi connectivity index (χ1n) is 11.6. The second-order valence-electron chi connectivity index (χ2n) is 9.21. The van der Waals surface area contributed by atoms with Crippen LogP contribution in [-0.2, 0) is 6.54 Å². The third-order valence-electron chi connectivity index (χ3n) is 7.23. The Morgan fingerprint density at radius 2 is 1.43 bits per heavy atom. The summed E-state index contributed by atoms with van der Waals surface area (Å²) in [6, 6.07) is 13.1. The summed E-state index contributed by atoms with van der Waals surface area (Å²) in [4.78, 5) is 0. The van der Waals surface area contributed by atoms with E-state index in [9.17, 15) is 5.11 Å². The number of aromatic nitrogens is 1. The minimum atomic E-state index is 0.508. The molecule has 0 radical (unpaired) electrons. The maximum Gasteiger partial charge on any atom is 0.162 e. The summed E-state index contributed by atoms with van der Waals surface area (Å²) in [6.07, 6.45) is 12.7. The molecular weight excluding hydrogens is 406 g/mol. The van der Waals surface area contributed by atoms with Gasteiger partial charge in [0.2, 0.25) is 0 Å². The normalized spacial score (nSPS) is 18.8. The molecule has 0 saturated heterocycles. The number of fused-ring (bicyclic) bond motifs is 1. The molecular formula is C26H31NOS2. The predicted octanol–water partition coefficient (Wildman–Crippen LogP) is 8.28. The summed E-state index contributed by atoms with van der Waals surface area (Å²) in [5, 5.41) is 11.3. The zero-order valence-electron chi connectivity index (χ0n) is 17.6. The van der Waals surface area contributed by atoms with Gasteiger partial charge in [-0.1, -0.05) is 62.8 Å². The van der Waals surface area contributed by atoms with Gasteiger partial charge in [0.25, 0.3) is 0 Å². The third-order valence-corrected chi connectivity index (χ3v) is 8.66. The molecule has 3 aromatic rings. The summed E-state index contributed by atoms with van der Waals surface area (Å²) >= 11 is 7.42. The number of hydrogen-bond acceptors (Lipinski definition) is 3. The molecule has 1 heterocycles. The van der Waals surface area contributed by atoms with E-state index in [4.69, 9.17) is 12.2 Å². The molecule has 0 bridgehead atoms. The second kappa shape index (κ2) is 8.84. The van der Waals surface area contributed by atoms with Gasteiger partial charge in [-0.05, 0) is 78.6 Å². The average Bonchev–Trinajstić information content (AvgIpc) is 3.11. The Morgan fingerprint density at radius 3 is 2.03 bits per heavy atom. The molecule has 2 nitrogen and oxygen atoms in total. The monoisotopic (exact) mass is 437 g/mol. The summed E-state index contributed by atoms with van der Waals surface area (Å²) in [6.45, 7) is 0.794. The quantitative estimate of drug-likeness (QED) is 0.415. The number of phenolic OH excluding ortho intramolecular Hbond substituents is 1. The Kier molecular flexibility index (Phi) is 5.97. The number of hydrogen-bond donors (Lipinski definition) is 1. The van der Waals surface area contributed by atoms with E-state index in [2.05, 4.69) is 41.0 Å². The fourth-order valence-corrected chi connectivity index (χ4v) is 6.95. The van der Waals surface area contributed by atoms with Crippen molar-refractivity contribution in [3.05, 3.63) is 57.0 Å². The fourth-order valence-electron chi connectivity index (χ4n) is 5.63. The molecule has 30 heavy (non-hydrogen) atoms. The Bertz CT molecular complexity index is 1040. The van der Waals surface area contributed by atoms with Crippen LogP contribution in [0.25, 0.3) is 10.2 Å². The number of thiazole rings is 1. The van der Waals surface area contributed by atoms with Gasteiger partial charge in [-0.15, -0.1) is 11.3 Å². The lowest BCUT2D eigenvalue weighted by atomic mass is 9.78. The van der Waals surface area contributed by atoms with E-state index in [-0.39, 0.29) is 0 Å². The Hall–Kier alpha value is -1.65. The zero-order chi connectivity index (χ0) is 20.5. The highest BCUT2D eigenvalue weighted by atomic mass is 32.1. The molecule has 2 aliphatic carbocycles. The maximum atomic E-state index is 11.3. The molecule has 2 fully saturated rings. The highest BCUT2D eigenvalue weighted by molar-refractivity contribution is 7.73. The van der Waals surface area contributed by atoms with Crippen molar-refractivity contribution in [1.29, 1.82) is 0 Å². The summed E-state index contributed by atoms with van der Waals surface area (Å²) in [7, 11) is 0. The van der Waals surface area contributed by atoms with Gasteiger partial charge in [-0.25, -0.2) is 0 Å². The predicted molar refractivity (Wildman–Crippen MR) is 130 cm³/mol. The Labute approximate surface area is 188 Å². The molecule has 0 atom stereocenters.